The van der Waals surface area contributed by atoms with Gasteiger partial charge < -0.3 is 5.73 Å². The number of hydrogen-bond donors (Lipinski definition) is 1. The fourth-order valence-corrected chi connectivity index (χ4v) is 2.43. The van der Waals surface area contributed by atoms with Crippen molar-refractivity contribution in [2.45, 2.75) is 25.8 Å². The van der Waals surface area contributed by atoms with Crippen LogP contribution >= 0.6 is 15.9 Å². The molecule has 0 radical (unpaired) electrons. The molecule has 70 valence electrons. The van der Waals surface area contributed by atoms with Crippen molar-refractivity contribution < 1.29 is 0 Å². The summed E-state index contributed by atoms with van der Waals surface area (Å²) in [4.78, 5) is 0. The molecule has 1 fully saturated rings. The highest BCUT2D eigenvalue weighted by molar-refractivity contribution is 9.10. The van der Waals surface area contributed by atoms with E-state index in [1.54, 1.807) is 0 Å². The van der Waals surface area contributed by atoms with Crippen molar-refractivity contribution >= 4 is 15.9 Å². The van der Waals surface area contributed by atoms with Gasteiger partial charge in [0.2, 0.25) is 0 Å². The first kappa shape index (κ1) is 9.22. The van der Waals surface area contributed by atoms with Crippen molar-refractivity contribution in [1.82, 2.24) is 0 Å². The van der Waals surface area contributed by atoms with Gasteiger partial charge in [0.25, 0.3) is 0 Å². The Balaban J connectivity index is 2.29. The van der Waals surface area contributed by atoms with Crippen molar-refractivity contribution in [3.63, 3.8) is 0 Å². The van der Waals surface area contributed by atoms with Crippen molar-refractivity contribution in [1.29, 1.82) is 0 Å². The average molecular weight is 240 g/mol. The average Bonchev–Trinajstić information content (AvgIpc) is 2.51. The Bertz CT molecular complexity index is 333. The maximum Gasteiger partial charge on any atom is 0.0178 e. The number of halogens is 1. The maximum absolute atomic E-state index is 6.01. The summed E-state index contributed by atoms with van der Waals surface area (Å²) in [5.41, 5.74) is 7.64. The predicted molar refractivity (Wildman–Crippen MR) is 58.6 cm³/mol. The monoisotopic (exact) mass is 239 g/mol. The summed E-state index contributed by atoms with van der Waals surface area (Å²) in [7, 11) is 0. The van der Waals surface area contributed by atoms with E-state index >= 15 is 0 Å². The minimum absolute atomic E-state index is 0.279. The molecule has 13 heavy (non-hydrogen) atoms. The molecular weight excluding hydrogens is 226 g/mol. The lowest BCUT2D eigenvalue weighted by Gasteiger charge is -2.02. The Kier molecular flexibility index (Phi) is 2.00. The predicted octanol–water partition coefficient (Wildman–Crippen LogP) is 2.90. The molecule has 2 N–H and O–H groups in total. The lowest BCUT2D eigenvalue weighted by Crippen LogP contribution is -2.06. The normalized spacial score (nSPS) is 30.2. The second-order valence-corrected chi connectivity index (χ2v) is 5.30. The minimum Gasteiger partial charge on any atom is -0.327 e. The Morgan fingerprint density at radius 2 is 2.00 bits per heavy atom. The van der Waals surface area contributed by atoms with Gasteiger partial charge in [-0.05, 0) is 23.1 Å². The lowest BCUT2D eigenvalue weighted by molar-refractivity contribution is 0.599. The van der Waals surface area contributed by atoms with E-state index in [0.717, 1.165) is 4.47 Å². The fraction of sp³-hybridized carbons (Fsp3) is 0.455. The number of nitrogens with two attached hydrogens (primary N) is 1. The van der Waals surface area contributed by atoms with Crippen LogP contribution in [0.3, 0.4) is 0 Å². The molecule has 1 aliphatic carbocycles. The minimum atomic E-state index is 0.279. The molecule has 0 amide bonds. The summed E-state index contributed by atoms with van der Waals surface area (Å²) in [6.07, 6.45) is 0. The first-order chi connectivity index (χ1) is 6.03. The topological polar surface area (TPSA) is 26.0 Å². The third-order valence-electron chi connectivity index (χ3n) is 3.12. The first-order valence-corrected chi connectivity index (χ1v) is 5.34. The molecule has 1 aliphatic rings. The molecular formula is C11H14BrN. The molecule has 0 bridgehead atoms. The standard InChI is InChI=1S/C11H14BrN/c1-11(2)9(10(11)13)7-4-3-5-8(12)6-7/h3-6,9-10H,13H2,1-2H3/t9-,10-/m0/s1. The lowest BCUT2D eigenvalue weighted by atomic mass is 10.0. The SMILES string of the molecule is CC1(C)[C@@H](N)[C@@H]1c1cccc(Br)c1. The molecule has 0 aromatic heterocycles. The molecule has 1 saturated carbocycles. The summed E-state index contributed by atoms with van der Waals surface area (Å²) in [5.74, 6) is 0.532. The summed E-state index contributed by atoms with van der Waals surface area (Å²) in [5, 5.41) is 0. The summed E-state index contributed by atoms with van der Waals surface area (Å²) < 4.78 is 1.14. The van der Waals surface area contributed by atoms with Crippen LogP contribution in [0, 0.1) is 5.41 Å². The molecule has 1 aromatic rings. The van der Waals surface area contributed by atoms with Gasteiger partial charge in [0.1, 0.15) is 0 Å². The van der Waals surface area contributed by atoms with E-state index in [1.807, 2.05) is 6.07 Å². The van der Waals surface area contributed by atoms with Gasteiger partial charge >= 0.3 is 0 Å². The Morgan fingerprint density at radius 1 is 1.38 bits per heavy atom. The van der Waals surface area contributed by atoms with Crippen LogP contribution < -0.4 is 5.73 Å². The Labute approximate surface area is 87.5 Å². The smallest absolute Gasteiger partial charge is 0.0178 e. The van der Waals surface area contributed by atoms with E-state index in [4.69, 9.17) is 5.73 Å². The van der Waals surface area contributed by atoms with Gasteiger partial charge in [-0.15, -0.1) is 0 Å². The third-order valence-corrected chi connectivity index (χ3v) is 3.61. The van der Waals surface area contributed by atoms with Crippen LogP contribution in [-0.4, -0.2) is 6.04 Å². The van der Waals surface area contributed by atoms with Crippen molar-refractivity contribution in [3.05, 3.63) is 34.3 Å². The fourth-order valence-electron chi connectivity index (χ4n) is 2.01. The van der Waals surface area contributed by atoms with Crippen molar-refractivity contribution in [2.75, 3.05) is 0 Å². The summed E-state index contributed by atoms with van der Waals surface area (Å²) in [6.45, 7) is 4.45. The zero-order chi connectivity index (χ0) is 9.64. The van der Waals surface area contributed by atoms with Crippen molar-refractivity contribution in [3.8, 4) is 0 Å². The van der Waals surface area contributed by atoms with Gasteiger partial charge in [0.05, 0.1) is 0 Å². The second-order valence-electron chi connectivity index (χ2n) is 4.38. The number of rotatable bonds is 1. The molecule has 0 spiro atoms. The van der Waals surface area contributed by atoms with E-state index in [9.17, 15) is 0 Å². The van der Waals surface area contributed by atoms with E-state index in [1.165, 1.54) is 5.56 Å². The van der Waals surface area contributed by atoms with Gasteiger partial charge in [0, 0.05) is 16.4 Å². The highest BCUT2D eigenvalue weighted by Gasteiger charge is 2.55. The zero-order valence-corrected chi connectivity index (χ0v) is 9.51. The highest BCUT2D eigenvalue weighted by atomic mass is 79.9. The number of hydrogen-bond acceptors (Lipinski definition) is 1. The third kappa shape index (κ3) is 1.42. The van der Waals surface area contributed by atoms with E-state index in [-0.39, 0.29) is 5.41 Å². The van der Waals surface area contributed by atoms with Gasteiger partial charge in [-0.3, -0.25) is 0 Å². The molecule has 0 aliphatic heterocycles. The van der Waals surface area contributed by atoms with Gasteiger partial charge in [-0.2, -0.15) is 0 Å². The summed E-state index contributed by atoms with van der Waals surface area (Å²) in [6, 6.07) is 8.76. The van der Waals surface area contributed by atoms with Crippen LogP contribution in [0.25, 0.3) is 0 Å². The van der Waals surface area contributed by atoms with Gasteiger partial charge in [-0.25, -0.2) is 0 Å². The second kappa shape index (κ2) is 2.82. The highest BCUT2D eigenvalue weighted by Crippen LogP contribution is 2.57. The Hall–Kier alpha value is -0.340. The molecule has 0 heterocycles. The van der Waals surface area contributed by atoms with Crippen LogP contribution in [0.1, 0.15) is 25.3 Å². The van der Waals surface area contributed by atoms with Gasteiger partial charge in [-0.1, -0.05) is 41.9 Å². The summed E-state index contributed by atoms with van der Waals surface area (Å²) >= 11 is 3.47. The van der Waals surface area contributed by atoms with E-state index in [2.05, 4.69) is 48.0 Å². The van der Waals surface area contributed by atoms with Crippen LogP contribution in [0.15, 0.2) is 28.7 Å². The maximum atomic E-state index is 6.01. The van der Waals surface area contributed by atoms with Gasteiger partial charge in [0.15, 0.2) is 0 Å². The zero-order valence-electron chi connectivity index (χ0n) is 7.92. The van der Waals surface area contributed by atoms with Crippen LogP contribution in [0.5, 0.6) is 0 Å². The van der Waals surface area contributed by atoms with E-state index < -0.39 is 0 Å². The molecule has 2 atom stereocenters. The van der Waals surface area contributed by atoms with Crippen LogP contribution in [0.2, 0.25) is 0 Å². The first-order valence-electron chi connectivity index (χ1n) is 4.54. The van der Waals surface area contributed by atoms with Crippen LogP contribution in [-0.2, 0) is 0 Å². The Morgan fingerprint density at radius 3 is 2.46 bits per heavy atom. The molecule has 2 rings (SSSR count). The van der Waals surface area contributed by atoms with E-state index in [0.29, 0.717) is 12.0 Å². The molecule has 0 saturated heterocycles. The molecule has 0 unspecified atom stereocenters. The van der Waals surface area contributed by atoms with Crippen molar-refractivity contribution in [2.24, 2.45) is 11.1 Å². The molecule has 1 nitrogen and oxygen atoms in total. The molecule has 1 aromatic carbocycles. The largest absolute Gasteiger partial charge is 0.327 e. The van der Waals surface area contributed by atoms with Crippen LogP contribution in [0.4, 0.5) is 0 Å². The molecule has 2 heteroatoms. The number of benzene rings is 1. The quantitative estimate of drug-likeness (QED) is 0.802.